The molecule has 0 fully saturated rings. The molecule has 0 aliphatic carbocycles. The van der Waals surface area contributed by atoms with E-state index in [0.717, 1.165) is 39.7 Å². The minimum Gasteiger partial charge on any atom is -0.468 e. The van der Waals surface area contributed by atoms with E-state index in [-0.39, 0.29) is 5.25 Å². The van der Waals surface area contributed by atoms with E-state index in [1.807, 2.05) is 54.6 Å². The van der Waals surface area contributed by atoms with Crippen molar-refractivity contribution in [3.8, 4) is 5.69 Å². The number of para-hydroxylation sites is 1. The SMILES string of the molecule is O=c1c[n+](-c2ccc(C3=Nc4ccccc4SC(c4ccco4)C3)cc2)[nH]o1. The molecule has 2 aromatic heterocycles. The Kier molecular flexibility index (Phi) is 4.21. The van der Waals surface area contributed by atoms with Crippen LogP contribution in [0.5, 0.6) is 0 Å². The van der Waals surface area contributed by atoms with Crippen molar-refractivity contribution >= 4 is 23.2 Å². The Morgan fingerprint density at radius 2 is 1.93 bits per heavy atom. The van der Waals surface area contributed by atoms with Crippen LogP contribution in [-0.2, 0) is 0 Å². The molecule has 1 N–H and O–H groups in total. The van der Waals surface area contributed by atoms with Crippen molar-refractivity contribution in [1.82, 2.24) is 5.27 Å². The molecule has 1 unspecified atom stereocenters. The highest BCUT2D eigenvalue weighted by Gasteiger charge is 2.24. The second kappa shape index (κ2) is 7.01. The van der Waals surface area contributed by atoms with Crippen molar-refractivity contribution in [1.29, 1.82) is 0 Å². The predicted molar refractivity (Wildman–Crippen MR) is 105 cm³/mol. The Morgan fingerprint density at radius 3 is 2.68 bits per heavy atom. The first-order valence-electron chi connectivity index (χ1n) is 8.84. The number of hydrogen-bond donors (Lipinski definition) is 1. The van der Waals surface area contributed by atoms with Crippen LogP contribution in [0.1, 0.15) is 23.0 Å². The number of aromatic nitrogens is 2. The normalized spacial score (nSPS) is 16.3. The molecule has 4 aromatic rings. The van der Waals surface area contributed by atoms with Gasteiger partial charge in [-0.1, -0.05) is 12.1 Å². The Balaban J connectivity index is 1.53. The Labute approximate surface area is 164 Å². The minimum absolute atomic E-state index is 0.150. The third-order valence-corrected chi connectivity index (χ3v) is 5.87. The van der Waals surface area contributed by atoms with E-state index in [2.05, 4.69) is 11.3 Å². The number of aromatic amines is 1. The van der Waals surface area contributed by atoms with Gasteiger partial charge < -0.3 is 4.42 Å². The summed E-state index contributed by atoms with van der Waals surface area (Å²) in [6.45, 7) is 0. The van der Waals surface area contributed by atoms with Crippen molar-refractivity contribution < 1.29 is 13.6 Å². The lowest BCUT2D eigenvalue weighted by Crippen LogP contribution is -2.32. The molecule has 0 bridgehead atoms. The summed E-state index contributed by atoms with van der Waals surface area (Å²) in [6.07, 6.45) is 3.82. The molecule has 0 radical (unpaired) electrons. The van der Waals surface area contributed by atoms with E-state index in [1.165, 1.54) is 10.9 Å². The maximum Gasteiger partial charge on any atom is 0.427 e. The van der Waals surface area contributed by atoms with Gasteiger partial charge in [-0.25, -0.2) is 4.79 Å². The fraction of sp³-hybridized carbons (Fsp3) is 0.0952. The largest absolute Gasteiger partial charge is 0.468 e. The third-order valence-electron chi connectivity index (χ3n) is 4.59. The zero-order chi connectivity index (χ0) is 18.9. The average molecular weight is 390 g/mol. The Morgan fingerprint density at radius 1 is 1.07 bits per heavy atom. The molecule has 1 atom stereocenters. The smallest absolute Gasteiger partial charge is 0.427 e. The number of hydrogen-bond acceptors (Lipinski definition) is 5. The second-order valence-corrected chi connectivity index (χ2v) is 7.66. The first kappa shape index (κ1) is 16.8. The summed E-state index contributed by atoms with van der Waals surface area (Å²) in [5.74, 6) is 0.942. The van der Waals surface area contributed by atoms with E-state index in [0.29, 0.717) is 0 Å². The molecule has 7 heteroatoms. The van der Waals surface area contributed by atoms with Crippen molar-refractivity contribution in [2.45, 2.75) is 16.6 Å². The second-order valence-electron chi connectivity index (χ2n) is 6.41. The van der Waals surface area contributed by atoms with Gasteiger partial charge in [-0.2, -0.15) is 0 Å². The van der Waals surface area contributed by atoms with Gasteiger partial charge in [0.2, 0.25) is 5.69 Å². The van der Waals surface area contributed by atoms with Crippen molar-refractivity contribution in [2.75, 3.05) is 0 Å². The van der Waals surface area contributed by atoms with E-state index >= 15 is 0 Å². The van der Waals surface area contributed by atoms with Gasteiger partial charge in [-0.3, -0.25) is 9.52 Å². The van der Waals surface area contributed by atoms with E-state index < -0.39 is 5.63 Å². The zero-order valence-corrected chi connectivity index (χ0v) is 15.6. The molecular formula is C21H16N3O3S+. The lowest BCUT2D eigenvalue weighted by molar-refractivity contribution is -0.670. The zero-order valence-electron chi connectivity index (χ0n) is 14.7. The molecule has 0 saturated carbocycles. The number of furan rings is 1. The van der Waals surface area contributed by atoms with Crippen LogP contribution in [0.15, 0.2) is 96.7 Å². The van der Waals surface area contributed by atoms with Crippen LogP contribution in [-0.4, -0.2) is 11.0 Å². The highest BCUT2D eigenvalue weighted by Crippen LogP contribution is 2.45. The molecule has 3 heterocycles. The summed E-state index contributed by atoms with van der Waals surface area (Å²) in [7, 11) is 0. The first-order valence-corrected chi connectivity index (χ1v) is 9.72. The standard InChI is InChI=1S/C21H15N3O3S/c25-21-13-24(23-27-21)15-9-7-14(8-10-15)17-12-20(18-5-3-11-26-18)28-19-6-2-1-4-16(19)22-17/h1-11,13,20H,12H2/p+1. The van der Waals surface area contributed by atoms with E-state index in [9.17, 15) is 4.79 Å². The molecule has 0 amide bonds. The maximum atomic E-state index is 11.2. The molecule has 6 nitrogen and oxygen atoms in total. The molecule has 1 aliphatic heterocycles. The predicted octanol–water partition coefficient (Wildman–Crippen LogP) is 4.20. The monoisotopic (exact) mass is 390 g/mol. The summed E-state index contributed by atoms with van der Waals surface area (Å²) in [5, 5.41) is 2.70. The number of nitrogens with one attached hydrogen (secondary N) is 1. The van der Waals surface area contributed by atoms with Gasteiger partial charge in [0.15, 0.2) is 0 Å². The van der Waals surface area contributed by atoms with Crippen LogP contribution >= 0.6 is 11.8 Å². The summed E-state index contributed by atoms with van der Waals surface area (Å²) in [4.78, 5) is 17.3. The van der Waals surface area contributed by atoms with Gasteiger partial charge in [0, 0.05) is 29.2 Å². The summed E-state index contributed by atoms with van der Waals surface area (Å²) in [5.41, 5.74) is 3.38. The number of nitrogens with zero attached hydrogens (tertiary/aromatic N) is 2. The number of fused-ring (bicyclic) bond motifs is 1. The molecule has 28 heavy (non-hydrogen) atoms. The van der Waals surface area contributed by atoms with Crippen LogP contribution in [0.4, 0.5) is 5.69 Å². The van der Waals surface area contributed by atoms with Crippen LogP contribution < -0.4 is 10.3 Å². The fourth-order valence-electron chi connectivity index (χ4n) is 3.22. The Bertz CT molecular complexity index is 1190. The van der Waals surface area contributed by atoms with Crippen LogP contribution in [0, 0.1) is 0 Å². The molecule has 0 saturated heterocycles. The number of aliphatic imine (C=N–C) groups is 1. The molecule has 0 spiro atoms. The molecule has 5 rings (SSSR count). The third kappa shape index (κ3) is 3.20. The van der Waals surface area contributed by atoms with Crippen LogP contribution in [0.25, 0.3) is 5.69 Å². The van der Waals surface area contributed by atoms with E-state index in [4.69, 9.17) is 13.9 Å². The quantitative estimate of drug-likeness (QED) is 0.532. The van der Waals surface area contributed by atoms with E-state index in [1.54, 1.807) is 18.0 Å². The van der Waals surface area contributed by atoms with Crippen molar-refractivity contribution in [2.24, 2.45) is 4.99 Å². The van der Waals surface area contributed by atoms with Crippen molar-refractivity contribution in [3.05, 3.63) is 94.9 Å². The Hall–Kier alpha value is -3.32. The number of rotatable bonds is 3. The summed E-state index contributed by atoms with van der Waals surface area (Å²) < 4.78 is 11.9. The summed E-state index contributed by atoms with van der Waals surface area (Å²) in [6, 6.07) is 20.0. The minimum atomic E-state index is -0.424. The fourth-order valence-corrected chi connectivity index (χ4v) is 4.41. The number of benzene rings is 2. The maximum absolute atomic E-state index is 11.2. The topological polar surface area (TPSA) is 75.4 Å². The van der Waals surface area contributed by atoms with Gasteiger partial charge in [0.25, 0.3) is 6.20 Å². The van der Waals surface area contributed by atoms with Gasteiger partial charge in [-0.05, 0) is 51.9 Å². The first-order chi connectivity index (χ1) is 13.8. The highest BCUT2D eigenvalue weighted by atomic mass is 32.2. The highest BCUT2D eigenvalue weighted by molar-refractivity contribution is 7.99. The van der Waals surface area contributed by atoms with Gasteiger partial charge >= 0.3 is 5.63 Å². The lowest BCUT2D eigenvalue weighted by Gasteiger charge is -2.13. The van der Waals surface area contributed by atoms with Gasteiger partial charge in [-0.15, -0.1) is 11.8 Å². The van der Waals surface area contributed by atoms with Crippen molar-refractivity contribution in [3.63, 3.8) is 0 Å². The number of H-pyrrole nitrogens is 1. The lowest BCUT2D eigenvalue weighted by atomic mass is 10.0. The van der Waals surface area contributed by atoms with Crippen LogP contribution in [0.2, 0.25) is 0 Å². The molecule has 138 valence electrons. The van der Waals surface area contributed by atoms with Gasteiger partial charge in [0.05, 0.1) is 17.2 Å². The molecule has 1 aliphatic rings. The summed E-state index contributed by atoms with van der Waals surface area (Å²) >= 11 is 1.77. The molecule has 2 aromatic carbocycles. The molecular weight excluding hydrogens is 374 g/mol. The average Bonchev–Trinajstić information content (AvgIpc) is 3.36. The van der Waals surface area contributed by atoms with Gasteiger partial charge in [0.1, 0.15) is 5.76 Å². The number of thioether (sulfide) groups is 1. The van der Waals surface area contributed by atoms with Crippen LogP contribution in [0.3, 0.4) is 0 Å².